The van der Waals surface area contributed by atoms with Gasteiger partial charge in [-0.15, -0.1) is 0 Å². The van der Waals surface area contributed by atoms with Gasteiger partial charge in [-0.3, -0.25) is 14.9 Å². The van der Waals surface area contributed by atoms with Crippen molar-refractivity contribution in [3.05, 3.63) is 62.7 Å². The largest absolute Gasteiger partial charge is 0.478 e. The normalized spacial score (nSPS) is 17.4. The van der Waals surface area contributed by atoms with Crippen molar-refractivity contribution in [3.8, 4) is 0 Å². The lowest BCUT2D eigenvalue weighted by atomic mass is 9.85. The van der Waals surface area contributed by atoms with Crippen LogP contribution < -0.4 is 5.32 Å². The Labute approximate surface area is 137 Å². The topological polar surface area (TPSA) is 119 Å². The van der Waals surface area contributed by atoms with Crippen molar-refractivity contribution in [3.63, 3.8) is 0 Å². The zero-order valence-electron chi connectivity index (χ0n) is 13.3. The van der Waals surface area contributed by atoms with E-state index >= 15 is 0 Å². The number of hydrogen-bond acceptors (Lipinski definition) is 6. The van der Waals surface area contributed by atoms with Gasteiger partial charge in [0, 0.05) is 24.8 Å². The van der Waals surface area contributed by atoms with E-state index in [-0.39, 0.29) is 17.0 Å². The summed E-state index contributed by atoms with van der Waals surface area (Å²) in [5, 5.41) is 23.4. The Morgan fingerprint density at radius 3 is 2.50 bits per heavy atom. The Morgan fingerprint density at radius 1 is 1.29 bits per heavy atom. The number of esters is 1. The van der Waals surface area contributed by atoms with Crippen LogP contribution in [0.3, 0.4) is 0 Å². The van der Waals surface area contributed by atoms with E-state index in [1.165, 1.54) is 25.1 Å². The monoisotopic (exact) mass is 332 g/mol. The number of non-ortho nitro benzene ring substituents is 1. The summed E-state index contributed by atoms with van der Waals surface area (Å²) in [4.78, 5) is 33.6. The highest BCUT2D eigenvalue weighted by molar-refractivity contribution is 5.91. The lowest BCUT2D eigenvalue weighted by Crippen LogP contribution is -2.29. The fourth-order valence-corrected chi connectivity index (χ4v) is 2.68. The third-order valence-electron chi connectivity index (χ3n) is 3.60. The summed E-state index contributed by atoms with van der Waals surface area (Å²) in [6.45, 7) is 4.43. The number of benzene rings is 1. The fourth-order valence-electron chi connectivity index (χ4n) is 2.68. The first-order valence-corrected chi connectivity index (χ1v) is 7.07. The Kier molecular flexibility index (Phi) is 4.68. The number of rotatable bonds is 4. The number of nitro benzene ring substituents is 1. The van der Waals surface area contributed by atoms with Gasteiger partial charge in [0.2, 0.25) is 0 Å². The standard InChI is InChI=1S/C16H16N2O6/c1-8-13(16(20)21)14(15(9(2)17-8)24-10(3)19)11-5-4-6-12(7-11)18(22)23/h4-7,14,17H,1-3H3,(H,20,21). The number of dihydropyridines is 1. The molecule has 0 radical (unpaired) electrons. The molecule has 2 rings (SSSR count). The molecule has 0 saturated carbocycles. The average molecular weight is 332 g/mol. The van der Waals surface area contributed by atoms with Gasteiger partial charge in [0.05, 0.1) is 22.1 Å². The van der Waals surface area contributed by atoms with Gasteiger partial charge in [-0.25, -0.2) is 4.79 Å². The summed E-state index contributed by atoms with van der Waals surface area (Å²) >= 11 is 0. The van der Waals surface area contributed by atoms with Crippen molar-refractivity contribution in [2.24, 2.45) is 0 Å². The van der Waals surface area contributed by atoms with E-state index in [0.717, 1.165) is 0 Å². The molecule has 0 amide bonds. The molecular weight excluding hydrogens is 316 g/mol. The van der Waals surface area contributed by atoms with Crippen LogP contribution in [-0.2, 0) is 14.3 Å². The Hall–Kier alpha value is -3.16. The van der Waals surface area contributed by atoms with E-state index in [1.54, 1.807) is 19.9 Å². The van der Waals surface area contributed by atoms with E-state index in [0.29, 0.717) is 17.0 Å². The average Bonchev–Trinajstić information content (AvgIpc) is 2.48. The maximum Gasteiger partial charge on any atom is 0.334 e. The van der Waals surface area contributed by atoms with Crippen LogP contribution in [0.1, 0.15) is 32.3 Å². The molecule has 24 heavy (non-hydrogen) atoms. The number of aliphatic carboxylic acids is 1. The molecule has 1 aromatic carbocycles. The Bertz CT molecular complexity index is 794. The molecule has 1 atom stereocenters. The van der Waals surface area contributed by atoms with Crippen molar-refractivity contribution < 1.29 is 24.4 Å². The maximum atomic E-state index is 11.7. The van der Waals surface area contributed by atoms with E-state index in [4.69, 9.17) is 4.74 Å². The second-order valence-electron chi connectivity index (χ2n) is 5.34. The second kappa shape index (κ2) is 6.53. The van der Waals surface area contributed by atoms with Gasteiger partial charge in [0.25, 0.3) is 5.69 Å². The van der Waals surface area contributed by atoms with Crippen LogP contribution in [0.5, 0.6) is 0 Å². The quantitative estimate of drug-likeness (QED) is 0.493. The molecular formula is C16H16N2O6. The first-order chi connectivity index (χ1) is 11.2. The van der Waals surface area contributed by atoms with Gasteiger partial charge in [0.1, 0.15) is 5.76 Å². The van der Waals surface area contributed by atoms with E-state index < -0.39 is 22.8 Å². The molecule has 1 heterocycles. The molecule has 0 saturated heterocycles. The number of carbonyl (C=O) groups is 2. The predicted octanol–water partition coefficient (Wildman–Crippen LogP) is 2.43. The number of ether oxygens (including phenoxy) is 1. The molecule has 0 aliphatic carbocycles. The number of allylic oxidation sites excluding steroid dienone is 3. The zero-order chi connectivity index (χ0) is 18.0. The predicted molar refractivity (Wildman–Crippen MR) is 83.8 cm³/mol. The minimum Gasteiger partial charge on any atom is -0.478 e. The lowest BCUT2D eigenvalue weighted by Gasteiger charge is -2.29. The molecule has 1 aromatic rings. The third-order valence-corrected chi connectivity index (χ3v) is 3.60. The molecule has 0 fully saturated rings. The van der Waals surface area contributed by atoms with Crippen LogP contribution >= 0.6 is 0 Å². The Balaban J connectivity index is 2.67. The highest BCUT2D eigenvalue weighted by atomic mass is 16.6. The Morgan fingerprint density at radius 2 is 1.96 bits per heavy atom. The molecule has 8 nitrogen and oxygen atoms in total. The number of nitrogens with zero attached hydrogens (tertiary/aromatic N) is 1. The highest BCUT2D eigenvalue weighted by Crippen LogP contribution is 2.39. The molecule has 0 spiro atoms. The van der Waals surface area contributed by atoms with Crippen LogP contribution in [0.25, 0.3) is 0 Å². The molecule has 8 heteroatoms. The van der Waals surface area contributed by atoms with Gasteiger partial charge >= 0.3 is 11.9 Å². The van der Waals surface area contributed by atoms with Gasteiger partial charge < -0.3 is 15.2 Å². The van der Waals surface area contributed by atoms with Crippen molar-refractivity contribution in [2.75, 3.05) is 0 Å². The molecule has 126 valence electrons. The van der Waals surface area contributed by atoms with Crippen molar-refractivity contribution in [1.82, 2.24) is 5.32 Å². The number of carbonyl (C=O) groups excluding carboxylic acids is 1. The van der Waals surface area contributed by atoms with Gasteiger partial charge in [0.15, 0.2) is 0 Å². The van der Waals surface area contributed by atoms with E-state index in [9.17, 15) is 24.8 Å². The molecule has 0 bridgehead atoms. The smallest absolute Gasteiger partial charge is 0.334 e. The number of carboxylic acid groups (broad SMARTS) is 1. The number of carboxylic acids is 1. The third kappa shape index (κ3) is 3.27. The minimum atomic E-state index is -1.20. The minimum absolute atomic E-state index is 0.0302. The van der Waals surface area contributed by atoms with Crippen LogP contribution in [0.4, 0.5) is 5.69 Å². The molecule has 1 unspecified atom stereocenters. The number of nitrogens with one attached hydrogen (secondary N) is 1. The summed E-state index contributed by atoms with van der Waals surface area (Å²) in [6, 6.07) is 5.62. The SMILES string of the molecule is CC(=O)OC1=C(C)NC(C)=C(C(=O)O)C1c1cccc([N+](=O)[O-])c1. The van der Waals surface area contributed by atoms with Gasteiger partial charge in [-0.1, -0.05) is 12.1 Å². The number of nitro groups is 1. The summed E-state index contributed by atoms with van der Waals surface area (Å²) < 4.78 is 5.21. The van der Waals surface area contributed by atoms with Crippen LogP contribution in [0, 0.1) is 10.1 Å². The molecule has 1 aliphatic heterocycles. The van der Waals surface area contributed by atoms with Crippen molar-refractivity contribution in [2.45, 2.75) is 26.7 Å². The number of hydrogen-bond donors (Lipinski definition) is 2. The summed E-state index contributed by atoms with van der Waals surface area (Å²) in [6.07, 6.45) is 0. The molecule has 0 aromatic heterocycles. The second-order valence-corrected chi connectivity index (χ2v) is 5.34. The summed E-state index contributed by atoms with van der Waals surface area (Å²) in [5.41, 5.74) is 1.01. The van der Waals surface area contributed by atoms with Gasteiger partial charge in [-0.2, -0.15) is 0 Å². The van der Waals surface area contributed by atoms with E-state index in [2.05, 4.69) is 5.32 Å². The molecule has 2 N–H and O–H groups in total. The summed E-state index contributed by atoms with van der Waals surface area (Å²) in [7, 11) is 0. The zero-order valence-corrected chi connectivity index (χ0v) is 13.3. The van der Waals surface area contributed by atoms with Crippen LogP contribution in [0.2, 0.25) is 0 Å². The van der Waals surface area contributed by atoms with Gasteiger partial charge in [-0.05, 0) is 19.4 Å². The van der Waals surface area contributed by atoms with Crippen LogP contribution in [0.15, 0.2) is 47.0 Å². The van der Waals surface area contributed by atoms with Crippen molar-refractivity contribution >= 4 is 17.6 Å². The van der Waals surface area contributed by atoms with Crippen LogP contribution in [-0.4, -0.2) is 22.0 Å². The highest BCUT2D eigenvalue weighted by Gasteiger charge is 2.35. The van der Waals surface area contributed by atoms with E-state index in [1.807, 2.05) is 0 Å². The molecule has 1 aliphatic rings. The summed E-state index contributed by atoms with van der Waals surface area (Å²) in [5.74, 6) is -2.61. The first kappa shape index (κ1) is 17.2. The first-order valence-electron chi connectivity index (χ1n) is 7.07. The lowest BCUT2D eigenvalue weighted by molar-refractivity contribution is -0.384. The fraction of sp³-hybridized carbons (Fsp3) is 0.250. The van der Waals surface area contributed by atoms with Crippen molar-refractivity contribution in [1.29, 1.82) is 0 Å². The maximum absolute atomic E-state index is 11.7.